The van der Waals surface area contributed by atoms with E-state index < -0.39 is 15.7 Å². The quantitative estimate of drug-likeness (QED) is 0.566. The Hall–Kier alpha value is -1.15. The third-order valence-electron chi connectivity index (χ3n) is 1.39. The first-order chi connectivity index (χ1) is 6.13. The van der Waals surface area contributed by atoms with Gasteiger partial charge in [0.1, 0.15) is 0 Å². The maximum absolute atomic E-state index is 10.7. The van der Waals surface area contributed by atoms with Crippen molar-refractivity contribution in [2.24, 2.45) is 0 Å². The van der Waals surface area contributed by atoms with Gasteiger partial charge >= 0.3 is 81.5 Å². The van der Waals surface area contributed by atoms with Crippen molar-refractivity contribution >= 4 is 31.6 Å². The van der Waals surface area contributed by atoms with E-state index in [1.807, 2.05) is 0 Å². The van der Waals surface area contributed by atoms with Gasteiger partial charge in [-0.15, -0.1) is 0 Å². The summed E-state index contributed by atoms with van der Waals surface area (Å²) in [6.07, 6.45) is 0. The van der Waals surface area contributed by atoms with E-state index in [2.05, 4.69) is 5.32 Å². The van der Waals surface area contributed by atoms with E-state index in [9.17, 15) is 13.6 Å². The predicted octanol–water partition coefficient (Wildman–Crippen LogP) is 0.0256. The molecular weight excluding hydrogens is 233 g/mol. The Morgan fingerprint density at radius 2 is 2.23 bits per heavy atom. The van der Waals surface area contributed by atoms with Gasteiger partial charge in [0, 0.05) is 0 Å². The topological polar surface area (TPSA) is 66.4 Å². The number of aromatic hydroxyl groups is 1. The minimum atomic E-state index is -1.27. The van der Waals surface area contributed by atoms with Crippen LogP contribution in [0.15, 0.2) is 18.2 Å². The second-order valence-corrected chi connectivity index (χ2v) is 3.87. The minimum absolute atomic E-state index is 0.00380. The average molecular weight is 241 g/mol. The SMILES string of the molecule is CC(=O)Nc1ccc(O)c([As]=O)c1. The molecule has 1 rings (SSSR count). The first-order valence-corrected chi connectivity index (χ1v) is 5.28. The van der Waals surface area contributed by atoms with E-state index in [-0.39, 0.29) is 11.7 Å². The molecule has 68 valence electrons. The monoisotopic (exact) mass is 241 g/mol. The summed E-state index contributed by atoms with van der Waals surface area (Å²) in [5.41, 5.74) is 0.548. The second-order valence-electron chi connectivity index (χ2n) is 2.48. The predicted molar refractivity (Wildman–Crippen MR) is 48.5 cm³/mol. The van der Waals surface area contributed by atoms with E-state index in [1.165, 1.54) is 19.1 Å². The summed E-state index contributed by atoms with van der Waals surface area (Å²) in [5.74, 6) is -0.192. The van der Waals surface area contributed by atoms with Crippen LogP contribution in [-0.4, -0.2) is 26.7 Å². The molecule has 0 spiro atoms. The Morgan fingerprint density at radius 3 is 2.77 bits per heavy atom. The van der Waals surface area contributed by atoms with Gasteiger partial charge in [0.15, 0.2) is 0 Å². The summed E-state index contributed by atoms with van der Waals surface area (Å²) in [5, 5.41) is 11.7. The molecule has 0 saturated carbocycles. The van der Waals surface area contributed by atoms with Gasteiger partial charge in [-0.05, 0) is 0 Å². The average Bonchev–Trinajstić information content (AvgIpc) is 2.07. The summed E-state index contributed by atoms with van der Waals surface area (Å²) >= 11 is -1.27. The van der Waals surface area contributed by atoms with Crippen molar-refractivity contribution in [2.45, 2.75) is 6.92 Å². The fraction of sp³-hybridized carbons (Fsp3) is 0.125. The molecule has 2 N–H and O–H groups in total. The standard InChI is InChI=1S/C8H8AsNO3/c1-5(11)10-6-2-3-8(12)7(4-6)9-13/h2-4,12H,1H3,(H,10,11). The molecule has 1 aromatic rings. The first-order valence-electron chi connectivity index (χ1n) is 3.57. The number of benzene rings is 1. The molecule has 5 heteroatoms. The normalized spacial score (nSPS) is 9.92. The Labute approximate surface area is 81.9 Å². The van der Waals surface area contributed by atoms with Gasteiger partial charge in [-0.2, -0.15) is 0 Å². The number of amides is 1. The number of anilines is 1. The second kappa shape index (κ2) is 4.19. The molecule has 1 amide bonds. The van der Waals surface area contributed by atoms with Crippen LogP contribution in [0, 0.1) is 0 Å². The van der Waals surface area contributed by atoms with E-state index in [0.717, 1.165) is 0 Å². The van der Waals surface area contributed by atoms with Gasteiger partial charge in [-0.25, -0.2) is 0 Å². The molecule has 0 heterocycles. The summed E-state index contributed by atoms with van der Waals surface area (Å²) in [6.45, 7) is 1.39. The van der Waals surface area contributed by atoms with E-state index >= 15 is 0 Å². The van der Waals surface area contributed by atoms with Crippen LogP contribution >= 0.6 is 0 Å². The van der Waals surface area contributed by atoms with Crippen LogP contribution in [0.2, 0.25) is 0 Å². The van der Waals surface area contributed by atoms with Gasteiger partial charge in [0.05, 0.1) is 0 Å². The molecule has 0 atom stereocenters. The number of hydrogen-bond acceptors (Lipinski definition) is 3. The number of phenols is 1. The van der Waals surface area contributed by atoms with Crippen LogP contribution in [0.3, 0.4) is 0 Å². The molecule has 0 saturated heterocycles. The summed E-state index contributed by atoms with van der Waals surface area (Å²) in [4.78, 5) is 10.7. The number of rotatable bonds is 2. The molecule has 0 aliphatic carbocycles. The van der Waals surface area contributed by atoms with Crippen molar-refractivity contribution in [1.82, 2.24) is 0 Å². The number of hydrogen-bond donors (Lipinski definition) is 2. The Kier molecular flexibility index (Phi) is 3.20. The van der Waals surface area contributed by atoms with Gasteiger partial charge in [-0.1, -0.05) is 0 Å². The zero-order valence-corrected chi connectivity index (χ0v) is 8.82. The Bertz CT molecular complexity index is 351. The molecule has 0 radical (unpaired) electrons. The van der Waals surface area contributed by atoms with Gasteiger partial charge in [0.25, 0.3) is 0 Å². The molecule has 1 aromatic carbocycles. The number of phenolic OH excluding ortho intramolecular Hbond substituents is 1. The van der Waals surface area contributed by atoms with Crippen LogP contribution in [0.25, 0.3) is 0 Å². The van der Waals surface area contributed by atoms with Crippen LogP contribution in [0.1, 0.15) is 6.92 Å². The molecule has 0 aromatic heterocycles. The fourth-order valence-corrected chi connectivity index (χ4v) is 1.63. The zero-order chi connectivity index (χ0) is 9.84. The summed E-state index contributed by atoms with van der Waals surface area (Å²) < 4.78 is 11.0. The van der Waals surface area contributed by atoms with Crippen molar-refractivity contribution in [2.75, 3.05) is 5.32 Å². The molecule has 4 nitrogen and oxygen atoms in total. The Morgan fingerprint density at radius 1 is 1.54 bits per heavy atom. The van der Waals surface area contributed by atoms with Crippen molar-refractivity contribution < 1.29 is 13.6 Å². The third kappa shape index (κ3) is 2.67. The van der Waals surface area contributed by atoms with E-state index in [4.69, 9.17) is 0 Å². The van der Waals surface area contributed by atoms with Crippen molar-refractivity contribution in [3.8, 4) is 5.75 Å². The number of nitrogens with one attached hydrogen (secondary N) is 1. The van der Waals surface area contributed by atoms with Crippen molar-refractivity contribution in [1.29, 1.82) is 0 Å². The third-order valence-corrected chi connectivity index (χ3v) is 2.56. The molecule has 0 unspecified atom stereocenters. The number of carbonyl (C=O) groups is 1. The fourth-order valence-electron chi connectivity index (χ4n) is 0.878. The molecule has 0 bridgehead atoms. The van der Waals surface area contributed by atoms with E-state index in [1.54, 1.807) is 6.07 Å². The van der Waals surface area contributed by atoms with Crippen LogP contribution < -0.4 is 9.67 Å². The van der Waals surface area contributed by atoms with Gasteiger partial charge in [-0.3, -0.25) is 0 Å². The van der Waals surface area contributed by atoms with E-state index in [0.29, 0.717) is 10.0 Å². The summed E-state index contributed by atoms with van der Waals surface area (Å²) in [6, 6.07) is 4.47. The summed E-state index contributed by atoms with van der Waals surface area (Å²) in [7, 11) is 0. The van der Waals surface area contributed by atoms with Crippen LogP contribution in [0.4, 0.5) is 5.69 Å². The molecule has 13 heavy (non-hydrogen) atoms. The van der Waals surface area contributed by atoms with Crippen molar-refractivity contribution in [3.63, 3.8) is 0 Å². The van der Waals surface area contributed by atoms with Crippen molar-refractivity contribution in [3.05, 3.63) is 18.2 Å². The Balaban J connectivity index is 2.99. The van der Waals surface area contributed by atoms with Gasteiger partial charge in [0.2, 0.25) is 0 Å². The molecule has 0 aliphatic heterocycles. The van der Waals surface area contributed by atoms with Crippen LogP contribution in [-0.2, 0) is 8.53 Å². The number of carbonyl (C=O) groups excluding carboxylic acids is 1. The van der Waals surface area contributed by atoms with Crippen LogP contribution in [0.5, 0.6) is 5.75 Å². The molecule has 0 fully saturated rings. The maximum atomic E-state index is 10.7. The van der Waals surface area contributed by atoms with Gasteiger partial charge < -0.3 is 0 Å². The molecule has 0 aliphatic rings. The molecular formula is C8H8AsNO3. The first kappa shape index (κ1) is 9.93. The zero-order valence-electron chi connectivity index (χ0n) is 6.94.